The molecule has 8 unspecified atom stereocenters. The van der Waals surface area contributed by atoms with Crippen LogP contribution in [0.15, 0.2) is 0 Å². The first-order chi connectivity index (χ1) is 8.18. The van der Waals surface area contributed by atoms with Gasteiger partial charge in [0.25, 0.3) is 0 Å². The molecule has 2 bridgehead atoms. The van der Waals surface area contributed by atoms with Gasteiger partial charge < -0.3 is 4.74 Å². The van der Waals surface area contributed by atoms with E-state index in [2.05, 4.69) is 13.8 Å². The van der Waals surface area contributed by atoms with E-state index in [4.69, 9.17) is 4.74 Å². The van der Waals surface area contributed by atoms with Gasteiger partial charge in [0.05, 0.1) is 12.5 Å². The number of hydrogen-bond donors (Lipinski definition) is 0. The van der Waals surface area contributed by atoms with Gasteiger partial charge in [-0.2, -0.15) is 0 Å². The summed E-state index contributed by atoms with van der Waals surface area (Å²) < 4.78 is 5.32. The first-order valence-corrected chi connectivity index (χ1v) is 7.35. The first-order valence-electron chi connectivity index (χ1n) is 7.35. The fourth-order valence-corrected chi connectivity index (χ4v) is 6.27. The Bertz CT molecular complexity index is 364. The summed E-state index contributed by atoms with van der Waals surface area (Å²) >= 11 is 0. The van der Waals surface area contributed by atoms with Gasteiger partial charge in [-0.1, -0.05) is 13.8 Å². The van der Waals surface area contributed by atoms with Gasteiger partial charge in [-0.15, -0.1) is 0 Å². The molecule has 17 heavy (non-hydrogen) atoms. The molecule has 0 radical (unpaired) electrons. The zero-order chi connectivity index (χ0) is 11.7. The van der Waals surface area contributed by atoms with E-state index in [-0.39, 0.29) is 11.9 Å². The van der Waals surface area contributed by atoms with Crippen molar-refractivity contribution in [2.24, 2.45) is 47.3 Å². The van der Waals surface area contributed by atoms with Gasteiger partial charge >= 0.3 is 5.97 Å². The molecule has 0 spiro atoms. The molecule has 4 aliphatic rings. The van der Waals surface area contributed by atoms with E-state index in [1.165, 1.54) is 12.8 Å². The molecule has 3 saturated carbocycles. The Balaban J connectivity index is 1.71. The second-order valence-electron chi connectivity index (χ2n) is 7.05. The molecule has 0 aromatic carbocycles. The Kier molecular flexibility index (Phi) is 2.00. The molecule has 2 heteroatoms. The van der Waals surface area contributed by atoms with Gasteiger partial charge in [-0.05, 0) is 60.7 Å². The third-order valence-electron chi connectivity index (χ3n) is 6.48. The number of hydrogen-bond acceptors (Lipinski definition) is 2. The molecular formula is C15H22O2. The lowest BCUT2D eigenvalue weighted by Gasteiger charge is -2.41. The maximum absolute atomic E-state index is 12.0. The van der Waals surface area contributed by atoms with Crippen LogP contribution in [0.4, 0.5) is 0 Å². The number of esters is 1. The summed E-state index contributed by atoms with van der Waals surface area (Å²) in [6, 6.07) is 0. The quantitative estimate of drug-likeness (QED) is 0.602. The molecular weight excluding hydrogens is 212 g/mol. The lowest BCUT2D eigenvalue weighted by atomic mass is 9.65. The minimum Gasteiger partial charge on any atom is -0.465 e. The molecule has 0 aromatic heterocycles. The highest BCUT2D eigenvalue weighted by molar-refractivity contribution is 5.74. The Morgan fingerprint density at radius 3 is 2.47 bits per heavy atom. The van der Waals surface area contributed by atoms with Gasteiger partial charge in [0.1, 0.15) is 0 Å². The summed E-state index contributed by atoms with van der Waals surface area (Å²) in [6.07, 6.45) is 3.85. The van der Waals surface area contributed by atoms with Crippen LogP contribution in [0.3, 0.4) is 0 Å². The van der Waals surface area contributed by atoms with Crippen molar-refractivity contribution in [1.82, 2.24) is 0 Å². The number of fused-ring (bicyclic) bond motifs is 8. The van der Waals surface area contributed by atoms with Gasteiger partial charge in [-0.25, -0.2) is 0 Å². The standard InChI is InChI=1S/C15H22O2/c1-7-5-8(2)13-11-6-10(12(7)13)9-3-4-17-15(16)14(9)11/h7-14H,3-6H2,1-2H3. The second-order valence-corrected chi connectivity index (χ2v) is 7.05. The summed E-state index contributed by atoms with van der Waals surface area (Å²) in [4.78, 5) is 12.0. The summed E-state index contributed by atoms with van der Waals surface area (Å²) in [7, 11) is 0. The Morgan fingerprint density at radius 1 is 1.00 bits per heavy atom. The predicted molar refractivity (Wildman–Crippen MR) is 64.1 cm³/mol. The second kappa shape index (κ2) is 3.27. The first kappa shape index (κ1) is 10.4. The maximum atomic E-state index is 12.0. The van der Waals surface area contributed by atoms with Crippen LogP contribution in [0.2, 0.25) is 0 Å². The average Bonchev–Trinajstić information content (AvgIpc) is 2.91. The van der Waals surface area contributed by atoms with E-state index in [1.54, 1.807) is 0 Å². The molecule has 94 valence electrons. The monoisotopic (exact) mass is 234 g/mol. The van der Waals surface area contributed by atoms with Gasteiger partial charge in [0.2, 0.25) is 0 Å². The highest BCUT2D eigenvalue weighted by Gasteiger charge is 2.64. The topological polar surface area (TPSA) is 26.3 Å². The average molecular weight is 234 g/mol. The minimum atomic E-state index is 0.138. The molecule has 1 heterocycles. The van der Waals surface area contributed by atoms with Crippen molar-refractivity contribution in [3.63, 3.8) is 0 Å². The van der Waals surface area contributed by atoms with E-state index in [1.807, 2.05) is 0 Å². The van der Waals surface area contributed by atoms with Crippen LogP contribution in [-0.2, 0) is 9.53 Å². The summed E-state index contributed by atoms with van der Waals surface area (Å²) in [5.74, 6) is 6.11. The Morgan fingerprint density at radius 2 is 1.71 bits per heavy atom. The zero-order valence-electron chi connectivity index (χ0n) is 10.8. The summed E-state index contributed by atoms with van der Waals surface area (Å²) in [6.45, 7) is 5.54. The lowest BCUT2D eigenvalue weighted by Crippen LogP contribution is -2.43. The summed E-state index contributed by atoms with van der Waals surface area (Å²) in [5.41, 5.74) is 0. The van der Waals surface area contributed by atoms with E-state index in [9.17, 15) is 4.79 Å². The van der Waals surface area contributed by atoms with Crippen LogP contribution in [0.5, 0.6) is 0 Å². The third-order valence-corrected chi connectivity index (χ3v) is 6.48. The minimum absolute atomic E-state index is 0.138. The highest BCUT2D eigenvalue weighted by atomic mass is 16.5. The van der Waals surface area contributed by atoms with Gasteiger partial charge in [0.15, 0.2) is 0 Å². The Labute approximate surface area is 103 Å². The fourth-order valence-electron chi connectivity index (χ4n) is 6.27. The van der Waals surface area contributed by atoms with E-state index in [0.717, 1.165) is 36.0 Å². The fraction of sp³-hybridized carbons (Fsp3) is 0.933. The summed E-state index contributed by atoms with van der Waals surface area (Å²) in [5, 5.41) is 0. The molecule has 1 saturated heterocycles. The highest BCUT2D eigenvalue weighted by Crippen LogP contribution is 2.67. The van der Waals surface area contributed by atoms with E-state index < -0.39 is 0 Å². The number of rotatable bonds is 0. The van der Waals surface area contributed by atoms with Crippen LogP contribution in [0, 0.1) is 47.3 Å². The maximum Gasteiger partial charge on any atom is 0.309 e. The molecule has 4 rings (SSSR count). The van der Waals surface area contributed by atoms with Gasteiger partial charge in [0, 0.05) is 0 Å². The zero-order valence-corrected chi connectivity index (χ0v) is 10.8. The van der Waals surface area contributed by atoms with Crippen LogP contribution in [0.25, 0.3) is 0 Å². The van der Waals surface area contributed by atoms with Crippen LogP contribution >= 0.6 is 0 Å². The number of carbonyl (C=O) groups excluding carboxylic acids is 1. The molecule has 0 amide bonds. The molecule has 3 aliphatic carbocycles. The van der Waals surface area contributed by atoms with Crippen molar-refractivity contribution in [3.8, 4) is 0 Å². The van der Waals surface area contributed by atoms with Crippen molar-refractivity contribution in [2.75, 3.05) is 6.61 Å². The SMILES string of the molecule is CC1CC(C)C2C3CC(C4CCOC(=O)C43)C12. The molecule has 8 atom stereocenters. The normalized spacial score (nSPS) is 60.0. The lowest BCUT2D eigenvalue weighted by molar-refractivity contribution is -0.162. The molecule has 0 N–H and O–H groups in total. The van der Waals surface area contributed by atoms with Crippen molar-refractivity contribution in [1.29, 1.82) is 0 Å². The van der Waals surface area contributed by atoms with Crippen molar-refractivity contribution < 1.29 is 9.53 Å². The molecule has 0 aromatic rings. The number of carbonyl (C=O) groups is 1. The third kappa shape index (κ3) is 1.15. The van der Waals surface area contributed by atoms with Crippen molar-refractivity contribution in [3.05, 3.63) is 0 Å². The van der Waals surface area contributed by atoms with E-state index in [0.29, 0.717) is 18.4 Å². The van der Waals surface area contributed by atoms with Crippen molar-refractivity contribution in [2.45, 2.75) is 33.1 Å². The van der Waals surface area contributed by atoms with Crippen LogP contribution in [-0.4, -0.2) is 12.6 Å². The van der Waals surface area contributed by atoms with Gasteiger partial charge in [-0.3, -0.25) is 4.79 Å². The smallest absolute Gasteiger partial charge is 0.309 e. The Hall–Kier alpha value is -0.530. The number of cyclic esters (lactones) is 1. The van der Waals surface area contributed by atoms with Crippen LogP contribution < -0.4 is 0 Å². The largest absolute Gasteiger partial charge is 0.465 e. The van der Waals surface area contributed by atoms with E-state index >= 15 is 0 Å². The van der Waals surface area contributed by atoms with Crippen molar-refractivity contribution >= 4 is 5.97 Å². The predicted octanol–water partition coefficient (Wildman–Crippen LogP) is 2.72. The molecule has 2 nitrogen and oxygen atoms in total. The number of ether oxygens (including phenoxy) is 1. The van der Waals surface area contributed by atoms with Crippen LogP contribution in [0.1, 0.15) is 33.1 Å². The molecule has 4 fully saturated rings. The molecule has 1 aliphatic heterocycles.